The van der Waals surface area contributed by atoms with Crippen LogP contribution in [0.3, 0.4) is 0 Å². The molecule has 4 nitrogen and oxygen atoms in total. The van der Waals surface area contributed by atoms with Crippen molar-refractivity contribution in [3.05, 3.63) is 76.1 Å². The first-order valence-electron chi connectivity index (χ1n) is 8.23. The lowest BCUT2D eigenvalue weighted by Crippen LogP contribution is -1.99. The number of anilines is 2. The van der Waals surface area contributed by atoms with Gasteiger partial charge in [-0.15, -0.1) is 11.3 Å². The fourth-order valence-electron chi connectivity index (χ4n) is 2.72. The Labute approximate surface area is 164 Å². The normalized spacial score (nSPS) is 10.9. The van der Waals surface area contributed by atoms with Gasteiger partial charge in [0.1, 0.15) is 35.1 Å². The summed E-state index contributed by atoms with van der Waals surface area (Å²) >= 11 is 7.92. The number of halogens is 2. The average Bonchev–Trinajstić information content (AvgIpc) is 3.04. The zero-order valence-electron chi connectivity index (χ0n) is 14.4. The average molecular weight is 400 g/mol. The standard InChI is InChI=1S/C20H15ClFN3OS/c1-12-10-27-20-18(12)19(23-11-24-20)25-14-6-7-17(15(21)8-14)26-9-13-4-2-3-5-16(13)22/h2-8,10-11H,9H2,1H3,(H,23,24,25). The molecule has 4 rings (SSSR count). The van der Waals surface area contributed by atoms with Crippen molar-refractivity contribution in [2.75, 3.05) is 5.32 Å². The SMILES string of the molecule is Cc1csc2ncnc(Nc3ccc(OCc4ccccc4F)c(Cl)c3)c12. The molecule has 136 valence electrons. The zero-order valence-corrected chi connectivity index (χ0v) is 15.9. The summed E-state index contributed by atoms with van der Waals surface area (Å²) in [5.41, 5.74) is 2.38. The summed E-state index contributed by atoms with van der Waals surface area (Å²) in [5.74, 6) is 0.922. The number of aromatic nitrogens is 2. The van der Waals surface area contributed by atoms with E-state index in [0.29, 0.717) is 16.3 Å². The Morgan fingerprint density at radius 1 is 1.19 bits per heavy atom. The van der Waals surface area contributed by atoms with E-state index in [9.17, 15) is 4.39 Å². The number of hydrogen-bond acceptors (Lipinski definition) is 5. The molecule has 0 fully saturated rings. The molecular weight excluding hydrogens is 385 g/mol. The molecule has 0 aliphatic rings. The van der Waals surface area contributed by atoms with Gasteiger partial charge in [-0.2, -0.15) is 0 Å². The third-order valence-corrected chi connectivity index (χ3v) is 5.39. The molecule has 0 spiro atoms. The van der Waals surface area contributed by atoms with Crippen molar-refractivity contribution in [3.8, 4) is 5.75 Å². The highest BCUT2D eigenvalue weighted by atomic mass is 35.5. The van der Waals surface area contributed by atoms with E-state index in [1.807, 2.05) is 13.0 Å². The summed E-state index contributed by atoms with van der Waals surface area (Å²) in [6, 6.07) is 11.9. The lowest BCUT2D eigenvalue weighted by molar-refractivity contribution is 0.300. The number of aryl methyl sites for hydroxylation is 1. The van der Waals surface area contributed by atoms with Gasteiger partial charge >= 0.3 is 0 Å². The van der Waals surface area contributed by atoms with Gasteiger partial charge in [-0.05, 0) is 42.1 Å². The second-order valence-electron chi connectivity index (χ2n) is 5.97. The van der Waals surface area contributed by atoms with Gasteiger partial charge in [-0.3, -0.25) is 0 Å². The van der Waals surface area contributed by atoms with E-state index < -0.39 is 0 Å². The minimum atomic E-state index is -0.300. The van der Waals surface area contributed by atoms with Gasteiger partial charge in [-0.25, -0.2) is 14.4 Å². The van der Waals surface area contributed by atoms with Crippen molar-refractivity contribution in [1.29, 1.82) is 0 Å². The molecule has 2 heterocycles. The van der Waals surface area contributed by atoms with Crippen LogP contribution in [0.1, 0.15) is 11.1 Å². The third kappa shape index (κ3) is 3.72. The molecule has 27 heavy (non-hydrogen) atoms. The first-order chi connectivity index (χ1) is 13.1. The van der Waals surface area contributed by atoms with E-state index in [-0.39, 0.29) is 12.4 Å². The van der Waals surface area contributed by atoms with E-state index in [2.05, 4.69) is 20.7 Å². The van der Waals surface area contributed by atoms with Crippen LogP contribution in [0.4, 0.5) is 15.9 Å². The highest BCUT2D eigenvalue weighted by molar-refractivity contribution is 7.17. The van der Waals surface area contributed by atoms with Crippen molar-refractivity contribution in [2.24, 2.45) is 0 Å². The van der Waals surface area contributed by atoms with E-state index in [4.69, 9.17) is 16.3 Å². The number of nitrogens with one attached hydrogen (secondary N) is 1. The van der Waals surface area contributed by atoms with E-state index in [1.165, 1.54) is 12.4 Å². The molecule has 7 heteroatoms. The maximum Gasteiger partial charge on any atom is 0.142 e. The molecule has 0 unspecified atom stereocenters. The smallest absolute Gasteiger partial charge is 0.142 e. The van der Waals surface area contributed by atoms with Crippen molar-refractivity contribution < 1.29 is 9.13 Å². The predicted molar refractivity (Wildman–Crippen MR) is 108 cm³/mol. The fourth-order valence-corrected chi connectivity index (χ4v) is 3.84. The van der Waals surface area contributed by atoms with Crippen LogP contribution in [-0.2, 0) is 6.61 Å². The van der Waals surface area contributed by atoms with Crippen LogP contribution in [0.2, 0.25) is 5.02 Å². The minimum Gasteiger partial charge on any atom is -0.487 e. The molecule has 0 saturated heterocycles. The Hall–Kier alpha value is -2.70. The Bertz CT molecular complexity index is 1120. The van der Waals surface area contributed by atoms with E-state index in [1.54, 1.807) is 41.7 Å². The number of benzene rings is 2. The highest BCUT2D eigenvalue weighted by Crippen LogP contribution is 2.33. The zero-order chi connectivity index (χ0) is 18.8. The molecule has 0 amide bonds. The number of thiophene rings is 1. The van der Waals surface area contributed by atoms with Crippen LogP contribution in [0.5, 0.6) is 5.75 Å². The number of ether oxygens (including phenoxy) is 1. The summed E-state index contributed by atoms with van der Waals surface area (Å²) < 4.78 is 19.4. The van der Waals surface area contributed by atoms with Gasteiger partial charge in [0.25, 0.3) is 0 Å². The van der Waals surface area contributed by atoms with Crippen molar-refractivity contribution >= 4 is 44.7 Å². The second-order valence-corrected chi connectivity index (χ2v) is 7.24. The number of fused-ring (bicyclic) bond motifs is 1. The summed E-state index contributed by atoms with van der Waals surface area (Å²) in [4.78, 5) is 9.56. The second kappa shape index (κ2) is 7.50. The maximum atomic E-state index is 13.7. The number of nitrogens with zero attached hydrogens (tertiary/aromatic N) is 2. The molecule has 0 bridgehead atoms. The van der Waals surface area contributed by atoms with E-state index in [0.717, 1.165) is 27.3 Å². The monoisotopic (exact) mass is 399 g/mol. The molecule has 2 aromatic carbocycles. The van der Waals surface area contributed by atoms with Crippen LogP contribution >= 0.6 is 22.9 Å². The number of hydrogen-bond donors (Lipinski definition) is 1. The van der Waals surface area contributed by atoms with Crippen LogP contribution in [-0.4, -0.2) is 9.97 Å². The van der Waals surface area contributed by atoms with Gasteiger partial charge in [0.15, 0.2) is 0 Å². The van der Waals surface area contributed by atoms with Crippen molar-refractivity contribution in [3.63, 3.8) is 0 Å². The Morgan fingerprint density at radius 2 is 2.04 bits per heavy atom. The lowest BCUT2D eigenvalue weighted by atomic mass is 10.2. The topological polar surface area (TPSA) is 47.0 Å². The summed E-state index contributed by atoms with van der Waals surface area (Å²) in [5, 5.41) is 6.77. The van der Waals surface area contributed by atoms with Crippen LogP contribution in [0.25, 0.3) is 10.2 Å². The molecule has 0 saturated carbocycles. The predicted octanol–water partition coefficient (Wildman–Crippen LogP) is 6.11. The highest BCUT2D eigenvalue weighted by Gasteiger charge is 2.11. The van der Waals surface area contributed by atoms with Gasteiger partial charge in [0.2, 0.25) is 0 Å². The van der Waals surface area contributed by atoms with Gasteiger partial charge in [0, 0.05) is 11.3 Å². The van der Waals surface area contributed by atoms with Crippen molar-refractivity contribution in [1.82, 2.24) is 9.97 Å². The molecular formula is C20H15ClFN3OS. The fraction of sp³-hybridized carbons (Fsp3) is 0.100. The molecule has 0 aliphatic carbocycles. The Kier molecular flexibility index (Phi) is 4.92. The number of rotatable bonds is 5. The Balaban J connectivity index is 1.53. The molecule has 1 N–H and O–H groups in total. The molecule has 0 radical (unpaired) electrons. The maximum absolute atomic E-state index is 13.7. The summed E-state index contributed by atoms with van der Waals surface area (Å²) in [6.45, 7) is 2.14. The van der Waals surface area contributed by atoms with Crippen LogP contribution in [0.15, 0.2) is 54.2 Å². The van der Waals surface area contributed by atoms with Gasteiger partial charge in [0.05, 0.1) is 10.4 Å². The first kappa shape index (κ1) is 17.7. The molecule has 4 aromatic rings. The Morgan fingerprint density at radius 3 is 2.85 bits per heavy atom. The first-order valence-corrected chi connectivity index (χ1v) is 9.49. The van der Waals surface area contributed by atoms with Gasteiger partial charge in [-0.1, -0.05) is 29.8 Å². The largest absolute Gasteiger partial charge is 0.487 e. The minimum absolute atomic E-state index is 0.111. The van der Waals surface area contributed by atoms with Crippen LogP contribution < -0.4 is 10.1 Å². The van der Waals surface area contributed by atoms with Crippen LogP contribution in [0, 0.1) is 12.7 Å². The van der Waals surface area contributed by atoms with Gasteiger partial charge < -0.3 is 10.1 Å². The lowest BCUT2D eigenvalue weighted by Gasteiger charge is -2.12. The summed E-state index contributed by atoms with van der Waals surface area (Å²) in [6.07, 6.45) is 1.54. The molecule has 2 aromatic heterocycles. The van der Waals surface area contributed by atoms with Crippen molar-refractivity contribution in [2.45, 2.75) is 13.5 Å². The summed E-state index contributed by atoms with van der Waals surface area (Å²) in [7, 11) is 0. The quantitative estimate of drug-likeness (QED) is 0.439. The third-order valence-electron chi connectivity index (χ3n) is 4.09. The van der Waals surface area contributed by atoms with E-state index >= 15 is 0 Å². The molecule has 0 atom stereocenters. The molecule has 0 aliphatic heterocycles.